The summed E-state index contributed by atoms with van der Waals surface area (Å²) in [6.45, 7) is 9.67. The fourth-order valence-electron chi connectivity index (χ4n) is 3.54. The molecule has 0 amide bonds. The van der Waals surface area contributed by atoms with Gasteiger partial charge in [-0.15, -0.1) is 0 Å². The number of benzene rings is 1. The lowest BCUT2D eigenvalue weighted by atomic mass is 10.1. The highest BCUT2D eigenvalue weighted by Gasteiger charge is 2.21. The van der Waals surface area contributed by atoms with E-state index in [1.165, 1.54) is 16.8 Å². The average Bonchev–Trinajstić information content (AvgIpc) is 2.74. The van der Waals surface area contributed by atoms with Crippen LogP contribution in [0, 0.1) is 6.92 Å². The van der Waals surface area contributed by atoms with Crippen LogP contribution in [0.5, 0.6) is 5.75 Å². The van der Waals surface area contributed by atoms with Gasteiger partial charge in [-0.05, 0) is 49.6 Å². The van der Waals surface area contributed by atoms with E-state index >= 15 is 0 Å². The standard InChI is InChI=1S/C22H31N5O/c1-4-24-22(25-12-10-19-9-11-23-17-18(19)2)27-15-13-26(14-16-27)20-7-5-6-8-21(20)28-3/h5-9,11,17H,4,10,12-16H2,1-3H3,(H,24,25). The Morgan fingerprint density at radius 2 is 1.96 bits per heavy atom. The second-order valence-corrected chi connectivity index (χ2v) is 6.93. The number of hydrogen-bond donors (Lipinski definition) is 1. The summed E-state index contributed by atoms with van der Waals surface area (Å²) in [6.07, 6.45) is 4.71. The van der Waals surface area contributed by atoms with Gasteiger partial charge in [0.05, 0.1) is 12.8 Å². The van der Waals surface area contributed by atoms with Gasteiger partial charge in [0.15, 0.2) is 5.96 Å². The summed E-state index contributed by atoms with van der Waals surface area (Å²) >= 11 is 0. The van der Waals surface area contributed by atoms with Crippen LogP contribution in [0.4, 0.5) is 5.69 Å². The molecule has 0 aliphatic carbocycles. The fraction of sp³-hybridized carbons (Fsp3) is 0.455. The highest BCUT2D eigenvalue weighted by atomic mass is 16.5. The number of aliphatic imine (C=N–C) groups is 1. The molecule has 0 unspecified atom stereocenters. The second-order valence-electron chi connectivity index (χ2n) is 6.93. The van der Waals surface area contributed by atoms with E-state index in [9.17, 15) is 0 Å². The van der Waals surface area contributed by atoms with Crippen molar-refractivity contribution in [3.63, 3.8) is 0 Å². The third kappa shape index (κ3) is 4.94. The minimum atomic E-state index is 0.778. The number of ether oxygens (including phenoxy) is 1. The van der Waals surface area contributed by atoms with Gasteiger partial charge in [0.1, 0.15) is 5.75 Å². The summed E-state index contributed by atoms with van der Waals surface area (Å²) in [7, 11) is 1.73. The summed E-state index contributed by atoms with van der Waals surface area (Å²) in [4.78, 5) is 13.8. The molecular formula is C22H31N5O. The number of nitrogens with one attached hydrogen (secondary N) is 1. The summed E-state index contributed by atoms with van der Waals surface area (Å²) in [6, 6.07) is 10.3. The van der Waals surface area contributed by atoms with Crippen molar-refractivity contribution >= 4 is 11.6 Å². The Morgan fingerprint density at radius 3 is 2.68 bits per heavy atom. The average molecular weight is 382 g/mol. The third-order valence-electron chi connectivity index (χ3n) is 5.12. The van der Waals surface area contributed by atoms with Gasteiger partial charge in [-0.25, -0.2) is 0 Å². The molecule has 6 nitrogen and oxygen atoms in total. The smallest absolute Gasteiger partial charge is 0.194 e. The van der Waals surface area contributed by atoms with E-state index in [-0.39, 0.29) is 0 Å². The summed E-state index contributed by atoms with van der Waals surface area (Å²) in [5.41, 5.74) is 3.71. The highest BCUT2D eigenvalue weighted by molar-refractivity contribution is 5.80. The maximum atomic E-state index is 5.52. The van der Waals surface area contributed by atoms with Crippen molar-refractivity contribution in [2.75, 3.05) is 51.3 Å². The van der Waals surface area contributed by atoms with Crippen LogP contribution in [0.15, 0.2) is 47.7 Å². The van der Waals surface area contributed by atoms with Gasteiger partial charge in [0.25, 0.3) is 0 Å². The van der Waals surface area contributed by atoms with Crippen LogP contribution in [0.2, 0.25) is 0 Å². The van der Waals surface area contributed by atoms with E-state index in [1.807, 2.05) is 24.5 Å². The topological polar surface area (TPSA) is 53.0 Å². The van der Waals surface area contributed by atoms with Crippen molar-refractivity contribution < 1.29 is 4.74 Å². The van der Waals surface area contributed by atoms with Crippen LogP contribution in [0.3, 0.4) is 0 Å². The predicted molar refractivity (Wildman–Crippen MR) is 115 cm³/mol. The molecule has 0 saturated carbocycles. The van der Waals surface area contributed by atoms with E-state index in [0.717, 1.165) is 57.4 Å². The predicted octanol–water partition coefficient (Wildman–Crippen LogP) is 2.73. The number of para-hydroxylation sites is 2. The molecule has 28 heavy (non-hydrogen) atoms. The Balaban J connectivity index is 1.60. The van der Waals surface area contributed by atoms with Crippen LogP contribution < -0.4 is 15.0 Å². The molecule has 1 N–H and O–H groups in total. The van der Waals surface area contributed by atoms with Crippen molar-refractivity contribution in [3.05, 3.63) is 53.9 Å². The minimum absolute atomic E-state index is 0.778. The molecule has 2 aromatic rings. The van der Waals surface area contributed by atoms with E-state index in [4.69, 9.17) is 9.73 Å². The van der Waals surface area contributed by atoms with Crippen molar-refractivity contribution in [2.24, 2.45) is 4.99 Å². The fourth-order valence-corrected chi connectivity index (χ4v) is 3.54. The van der Waals surface area contributed by atoms with E-state index in [2.05, 4.69) is 52.1 Å². The van der Waals surface area contributed by atoms with Crippen molar-refractivity contribution in [3.8, 4) is 5.75 Å². The zero-order chi connectivity index (χ0) is 19.8. The minimum Gasteiger partial charge on any atom is -0.495 e. The van der Waals surface area contributed by atoms with E-state index in [0.29, 0.717) is 0 Å². The summed E-state index contributed by atoms with van der Waals surface area (Å²) in [5, 5.41) is 3.45. The van der Waals surface area contributed by atoms with Crippen LogP contribution in [-0.4, -0.2) is 62.2 Å². The molecule has 3 rings (SSSR count). The first kappa shape index (κ1) is 20.0. The van der Waals surface area contributed by atoms with Crippen molar-refractivity contribution in [2.45, 2.75) is 20.3 Å². The number of nitrogens with zero attached hydrogens (tertiary/aromatic N) is 4. The number of rotatable bonds is 6. The molecule has 0 radical (unpaired) electrons. The Hall–Kier alpha value is -2.76. The molecule has 0 bridgehead atoms. The summed E-state index contributed by atoms with van der Waals surface area (Å²) in [5.74, 6) is 1.94. The first-order valence-electron chi connectivity index (χ1n) is 10.0. The van der Waals surface area contributed by atoms with Crippen LogP contribution in [0.1, 0.15) is 18.1 Å². The van der Waals surface area contributed by atoms with Gasteiger partial charge in [0.2, 0.25) is 0 Å². The first-order valence-corrected chi connectivity index (χ1v) is 10.0. The maximum Gasteiger partial charge on any atom is 0.194 e. The number of aromatic nitrogens is 1. The van der Waals surface area contributed by atoms with Gasteiger partial charge in [-0.1, -0.05) is 12.1 Å². The van der Waals surface area contributed by atoms with Crippen LogP contribution in [-0.2, 0) is 6.42 Å². The van der Waals surface area contributed by atoms with E-state index < -0.39 is 0 Å². The number of pyridine rings is 1. The maximum absolute atomic E-state index is 5.52. The Bertz CT molecular complexity index is 784. The lowest BCUT2D eigenvalue weighted by Gasteiger charge is -2.38. The molecule has 1 aromatic heterocycles. The normalized spacial score (nSPS) is 14.9. The van der Waals surface area contributed by atoms with Crippen molar-refractivity contribution in [1.29, 1.82) is 0 Å². The number of guanidine groups is 1. The van der Waals surface area contributed by atoms with Gasteiger partial charge >= 0.3 is 0 Å². The lowest BCUT2D eigenvalue weighted by molar-refractivity contribution is 0.367. The Labute approximate surface area is 168 Å². The number of methoxy groups -OCH3 is 1. The third-order valence-corrected chi connectivity index (χ3v) is 5.12. The van der Waals surface area contributed by atoms with Crippen LogP contribution >= 0.6 is 0 Å². The van der Waals surface area contributed by atoms with Gasteiger partial charge in [-0.3, -0.25) is 9.98 Å². The monoisotopic (exact) mass is 381 g/mol. The zero-order valence-electron chi connectivity index (χ0n) is 17.2. The Morgan fingerprint density at radius 1 is 1.18 bits per heavy atom. The van der Waals surface area contributed by atoms with Gasteiger partial charge in [-0.2, -0.15) is 0 Å². The zero-order valence-corrected chi connectivity index (χ0v) is 17.2. The largest absolute Gasteiger partial charge is 0.495 e. The number of hydrogen-bond acceptors (Lipinski definition) is 4. The van der Waals surface area contributed by atoms with Gasteiger partial charge < -0.3 is 19.9 Å². The Kier molecular flexibility index (Phi) is 7.12. The molecule has 0 spiro atoms. The first-order chi connectivity index (χ1) is 13.7. The molecule has 1 fully saturated rings. The quantitative estimate of drug-likeness (QED) is 0.616. The van der Waals surface area contributed by atoms with Crippen molar-refractivity contribution in [1.82, 2.24) is 15.2 Å². The molecule has 1 aliphatic rings. The molecular weight excluding hydrogens is 350 g/mol. The molecule has 1 aromatic carbocycles. The second kappa shape index (κ2) is 9.97. The molecule has 6 heteroatoms. The molecule has 150 valence electrons. The van der Waals surface area contributed by atoms with E-state index in [1.54, 1.807) is 7.11 Å². The number of anilines is 1. The molecule has 2 heterocycles. The number of aryl methyl sites for hydroxylation is 1. The summed E-state index contributed by atoms with van der Waals surface area (Å²) < 4.78 is 5.52. The SMILES string of the molecule is CCNC(=NCCc1ccncc1C)N1CCN(c2ccccc2OC)CC1. The number of piperazine rings is 1. The lowest BCUT2D eigenvalue weighted by Crippen LogP contribution is -2.52. The van der Waals surface area contributed by atoms with Crippen LogP contribution in [0.25, 0.3) is 0 Å². The molecule has 1 aliphatic heterocycles. The molecule has 1 saturated heterocycles. The highest BCUT2D eigenvalue weighted by Crippen LogP contribution is 2.28. The van der Waals surface area contributed by atoms with Gasteiger partial charge in [0, 0.05) is 51.7 Å². The molecule has 0 atom stereocenters.